The molecule has 146 valence electrons. The van der Waals surface area contributed by atoms with Gasteiger partial charge in [0.05, 0.1) is 6.42 Å². The molecular weight excluding hydrogens is 359 g/mol. The van der Waals surface area contributed by atoms with Crippen molar-refractivity contribution in [2.24, 2.45) is 17.8 Å². The number of hydrogen-bond acceptors (Lipinski definition) is 6. The molecule has 0 bridgehead atoms. The highest BCUT2D eigenvalue weighted by Crippen LogP contribution is 2.36. The van der Waals surface area contributed by atoms with Crippen molar-refractivity contribution in [1.29, 1.82) is 0 Å². The molecule has 0 aromatic heterocycles. The molecule has 1 aliphatic rings. The Morgan fingerprint density at radius 2 is 2.00 bits per heavy atom. The Morgan fingerprint density at radius 1 is 1.33 bits per heavy atom. The van der Waals surface area contributed by atoms with Crippen LogP contribution in [0, 0.1) is 33.7 Å². The molecule has 1 amide bonds. The van der Waals surface area contributed by atoms with Crippen molar-refractivity contribution in [2.45, 2.75) is 26.3 Å². The van der Waals surface area contributed by atoms with Crippen LogP contribution in [-0.2, 0) is 25.7 Å². The first-order valence-electron chi connectivity index (χ1n) is 8.57. The van der Waals surface area contributed by atoms with E-state index < -0.39 is 35.2 Å². The van der Waals surface area contributed by atoms with E-state index in [1.54, 1.807) is 6.92 Å². The lowest BCUT2D eigenvalue weighted by atomic mass is 9.88. The Morgan fingerprint density at radius 3 is 2.63 bits per heavy atom. The fraction of sp³-hybridized carbons (Fsp3) is 0.500. The van der Waals surface area contributed by atoms with Gasteiger partial charge in [-0.2, -0.15) is 0 Å². The molecule has 2 rings (SSSR count). The van der Waals surface area contributed by atoms with E-state index in [1.807, 2.05) is 0 Å². The lowest BCUT2D eigenvalue weighted by molar-refractivity contribution is -0.490. The molecule has 0 aliphatic heterocycles. The predicted octanol–water partition coefficient (Wildman–Crippen LogP) is 1.49. The minimum absolute atomic E-state index is 0.153. The number of carbonyl (C=O) groups is 3. The van der Waals surface area contributed by atoms with Crippen LogP contribution < -0.4 is 5.32 Å². The topological polar surface area (TPSA) is 116 Å². The Hall–Kier alpha value is -2.84. The third-order valence-electron chi connectivity index (χ3n) is 4.70. The van der Waals surface area contributed by atoms with Gasteiger partial charge in [0, 0.05) is 29.7 Å². The van der Waals surface area contributed by atoms with E-state index in [2.05, 4.69) is 5.32 Å². The smallest absolute Gasteiger partial charge is 0.307 e. The summed E-state index contributed by atoms with van der Waals surface area (Å²) >= 11 is 0. The van der Waals surface area contributed by atoms with Gasteiger partial charge < -0.3 is 10.1 Å². The van der Waals surface area contributed by atoms with E-state index in [4.69, 9.17) is 4.74 Å². The summed E-state index contributed by atoms with van der Waals surface area (Å²) in [4.78, 5) is 45.9. The number of amides is 1. The molecule has 1 aromatic rings. The molecule has 0 spiro atoms. The molecule has 1 saturated carbocycles. The van der Waals surface area contributed by atoms with Gasteiger partial charge in [0.15, 0.2) is 6.61 Å². The van der Waals surface area contributed by atoms with E-state index >= 15 is 0 Å². The highest BCUT2D eigenvalue weighted by Gasteiger charge is 2.44. The molecular formula is C18H21FN2O6. The van der Waals surface area contributed by atoms with Crippen molar-refractivity contribution in [3.63, 3.8) is 0 Å². The second-order valence-electron chi connectivity index (χ2n) is 6.70. The molecule has 9 heteroatoms. The second kappa shape index (κ2) is 9.20. The van der Waals surface area contributed by atoms with Crippen molar-refractivity contribution >= 4 is 17.7 Å². The van der Waals surface area contributed by atoms with Gasteiger partial charge in [-0.1, -0.05) is 19.1 Å². The lowest BCUT2D eigenvalue weighted by Crippen LogP contribution is -2.30. The van der Waals surface area contributed by atoms with Crippen LogP contribution in [0.5, 0.6) is 0 Å². The minimum Gasteiger partial charge on any atom is -0.456 e. The molecule has 0 saturated heterocycles. The molecule has 27 heavy (non-hydrogen) atoms. The molecule has 0 heterocycles. The number of nitrogens with zero attached hydrogens (tertiary/aromatic N) is 1. The van der Waals surface area contributed by atoms with Crippen LogP contribution in [0.2, 0.25) is 0 Å². The molecule has 1 aromatic carbocycles. The highest BCUT2D eigenvalue weighted by molar-refractivity contribution is 5.88. The van der Waals surface area contributed by atoms with Crippen LogP contribution in [0.4, 0.5) is 4.39 Å². The number of ketones is 1. The predicted molar refractivity (Wildman–Crippen MR) is 91.5 cm³/mol. The van der Waals surface area contributed by atoms with Crippen molar-refractivity contribution < 1.29 is 28.4 Å². The molecule has 0 radical (unpaired) electrons. The maximum atomic E-state index is 12.8. The van der Waals surface area contributed by atoms with Crippen LogP contribution >= 0.6 is 0 Å². The van der Waals surface area contributed by atoms with E-state index in [9.17, 15) is 28.9 Å². The summed E-state index contributed by atoms with van der Waals surface area (Å²) in [5.41, 5.74) is 0.684. The van der Waals surface area contributed by atoms with Gasteiger partial charge in [-0.25, -0.2) is 4.39 Å². The van der Waals surface area contributed by atoms with Gasteiger partial charge >= 0.3 is 5.97 Å². The number of nitrogens with one attached hydrogen (secondary N) is 1. The molecule has 1 fully saturated rings. The Bertz CT molecular complexity index is 721. The monoisotopic (exact) mass is 380 g/mol. The van der Waals surface area contributed by atoms with E-state index in [-0.39, 0.29) is 43.4 Å². The fourth-order valence-corrected chi connectivity index (χ4v) is 3.24. The highest BCUT2D eigenvalue weighted by atomic mass is 19.1. The first kappa shape index (κ1) is 20.5. The first-order chi connectivity index (χ1) is 12.8. The Balaban J connectivity index is 1.77. The van der Waals surface area contributed by atoms with Gasteiger partial charge in [-0.3, -0.25) is 24.5 Å². The Labute approximate surface area is 155 Å². The van der Waals surface area contributed by atoms with Crippen LogP contribution in [0.15, 0.2) is 24.3 Å². The SMILES string of the molecule is C[C@@H]1CC(=O)[C@@H](CC(=O)OCC(=O)NCc2ccc(F)cc2)[C@@H]1C[N+](=O)[O-]. The van der Waals surface area contributed by atoms with Gasteiger partial charge in [0.2, 0.25) is 6.54 Å². The summed E-state index contributed by atoms with van der Waals surface area (Å²) in [7, 11) is 0. The standard InChI is InChI=1S/C18H21FN2O6/c1-11-6-16(22)14(15(11)9-21(25)26)7-18(24)27-10-17(23)20-8-12-2-4-13(19)5-3-12/h2-5,11,14-15H,6-10H2,1H3,(H,20,23)/t11-,14+,15-/m1/s1. The number of halogens is 1. The van der Waals surface area contributed by atoms with Crippen molar-refractivity contribution in [1.82, 2.24) is 5.32 Å². The van der Waals surface area contributed by atoms with Crippen LogP contribution in [0.3, 0.4) is 0 Å². The average molecular weight is 380 g/mol. The fourth-order valence-electron chi connectivity index (χ4n) is 3.24. The maximum Gasteiger partial charge on any atom is 0.307 e. The zero-order chi connectivity index (χ0) is 20.0. The Kier molecular flexibility index (Phi) is 6.98. The van der Waals surface area contributed by atoms with Gasteiger partial charge in [0.1, 0.15) is 11.6 Å². The third kappa shape index (κ3) is 6.12. The van der Waals surface area contributed by atoms with Gasteiger partial charge in [0.25, 0.3) is 5.91 Å². The normalized spacial score (nSPS) is 21.7. The average Bonchev–Trinajstić information content (AvgIpc) is 2.86. The molecule has 8 nitrogen and oxygen atoms in total. The van der Waals surface area contributed by atoms with Gasteiger partial charge in [-0.15, -0.1) is 0 Å². The van der Waals surface area contributed by atoms with Crippen LogP contribution in [0.1, 0.15) is 25.3 Å². The van der Waals surface area contributed by atoms with Crippen LogP contribution in [0.25, 0.3) is 0 Å². The van der Waals surface area contributed by atoms with Crippen LogP contribution in [-0.4, -0.2) is 35.7 Å². The third-order valence-corrected chi connectivity index (χ3v) is 4.70. The molecule has 3 atom stereocenters. The summed E-state index contributed by atoms with van der Waals surface area (Å²) in [6.07, 6.45) is -0.0679. The lowest BCUT2D eigenvalue weighted by Gasteiger charge is -2.17. The van der Waals surface area contributed by atoms with E-state index in [1.165, 1.54) is 24.3 Å². The number of Topliss-reactive ketones (excluding diaryl/α,β-unsaturated/α-hetero) is 1. The first-order valence-corrected chi connectivity index (χ1v) is 8.57. The zero-order valence-electron chi connectivity index (χ0n) is 14.9. The van der Waals surface area contributed by atoms with Crippen molar-refractivity contribution in [2.75, 3.05) is 13.2 Å². The number of ether oxygens (including phenoxy) is 1. The zero-order valence-corrected chi connectivity index (χ0v) is 14.9. The number of rotatable bonds is 8. The van der Waals surface area contributed by atoms with E-state index in [0.717, 1.165) is 0 Å². The van der Waals surface area contributed by atoms with Gasteiger partial charge in [-0.05, 0) is 23.6 Å². The summed E-state index contributed by atoms with van der Waals surface area (Å²) in [6, 6.07) is 5.57. The molecule has 1 N–H and O–H groups in total. The summed E-state index contributed by atoms with van der Waals surface area (Å²) < 4.78 is 17.7. The van der Waals surface area contributed by atoms with Crippen molar-refractivity contribution in [3.05, 3.63) is 45.8 Å². The van der Waals surface area contributed by atoms with E-state index in [0.29, 0.717) is 5.56 Å². The summed E-state index contributed by atoms with van der Waals surface area (Å²) in [6.45, 7) is 1.01. The summed E-state index contributed by atoms with van der Waals surface area (Å²) in [5.74, 6) is -3.28. The number of hydrogen-bond donors (Lipinski definition) is 1. The number of benzene rings is 1. The quantitative estimate of drug-likeness (QED) is 0.415. The maximum absolute atomic E-state index is 12.8. The van der Waals surface area contributed by atoms with Crippen molar-refractivity contribution in [3.8, 4) is 0 Å². The minimum atomic E-state index is -0.750. The molecule has 1 aliphatic carbocycles. The second-order valence-corrected chi connectivity index (χ2v) is 6.70. The summed E-state index contributed by atoms with van der Waals surface area (Å²) in [5, 5.41) is 13.3. The molecule has 0 unspecified atom stereocenters. The number of nitro groups is 1. The largest absolute Gasteiger partial charge is 0.456 e. The number of carbonyl (C=O) groups excluding carboxylic acids is 3. The number of esters is 1.